The van der Waals surface area contributed by atoms with Crippen LogP contribution in [0.5, 0.6) is 0 Å². The van der Waals surface area contributed by atoms with Crippen molar-refractivity contribution < 1.29 is 29.4 Å². The highest BCUT2D eigenvalue weighted by Gasteiger charge is 2.66. The van der Waals surface area contributed by atoms with Crippen molar-refractivity contribution in [1.82, 2.24) is 5.32 Å². The number of nitrogens with one attached hydrogen (secondary N) is 1. The first kappa shape index (κ1) is 30.1. The summed E-state index contributed by atoms with van der Waals surface area (Å²) in [6.07, 6.45) is 9.83. The Morgan fingerprint density at radius 3 is 2.14 bits per heavy atom. The van der Waals surface area contributed by atoms with E-state index in [0.717, 1.165) is 51.4 Å². The Labute approximate surface area is 254 Å². The third-order valence-electron chi connectivity index (χ3n) is 13.5. The number of fused-ring (bicyclic) bond motifs is 7. The van der Waals surface area contributed by atoms with Gasteiger partial charge in [-0.25, -0.2) is 4.79 Å². The van der Waals surface area contributed by atoms with Crippen molar-refractivity contribution in [1.29, 1.82) is 0 Å². The average Bonchev–Trinajstić information content (AvgIpc) is 2.93. The summed E-state index contributed by atoms with van der Waals surface area (Å²) in [6.45, 7) is 11.4. The van der Waals surface area contributed by atoms with E-state index in [9.17, 15) is 29.4 Å². The molecule has 0 aromatic heterocycles. The van der Waals surface area contributed by atoms with Gasteiger partial charge >= 0.3 is 11.9 Å². The Balaban J connectivity index is 1.29. The lowest BCUT2D eigenvalue weighted by Gasteiger charge is -2.67. The molecule has 5 aliphatic carbocycles. The Bertz CT molecular complexity index is 1410. The van der Waals surface area contributed by atoms with Gasteiger partial charge in [0.1, 0.15) is 0 Å². The lowest BCUT2D eigenvalue weighted by Crippen LogP contribution is -2.65. The largest absolute Gasteiger partial charge is 0.481 e. The number of carbonyl (C=O) groups excluding carboxylic acids is 2. The second kappa shape index (κ2) is 10.0. The molecule has 5 aliphatic rings. The predicted molar refractivity (Wildman–Crippen MR) is 162 cm³/mol. The van der Waals surface area contributed by atoms with E-state index in [1.165, 1.54) is 11.6 Å². The molecule has 9 atom stereocenters. The molecule has 7 heteroatoms. The number of carbonyl (C=O) groups is 4. The molecule has 3 N–H and O–H groups in total. The number of hydrogen-bond acceptors (Lipinski definition) is 4. The number of rotatable bonds is 4. The fourth-order valence-electron chi connectivity index (χ4n) is 11.4. The molecule has 0 radical (unpaired) electrons. The molecule has 1 aromatic rings. The van der Waals surface area contributed by atoms with Crippen LogP contribution in [0.2, 0.25) is 0 Å². The van der Waals surface area contributed by atoms with Crippen LogP contribution in [-0.2, 0) is 9.59 Å². The van der Waals surface area contributed by atoms with E-state index in [1.54, 1.807) is 18.2 Å². The van der Waals surface area contributed by atoms with Gasteiger partial charge in [-0.3, -0.25) is 14.4 Å². The summed E-state index contributed by atoms with van der Waals surface area (Å²) in [4.78, 5) is 51.5. The molecule has 9 unspecified atom stereocenters. The van der Waals surface area contributed by atoms with Crippen molar-refractivity contribution in [2.45, 2.75) is 98.4 Å². The number of aliphatic carboxylic acids is 1. The van der Waals surface area contributed by atoms with Gasteiger partial charge in [0.15, 0.2) is 5.78 Å². The molecule has 0 heterocycles. The van der Waals surface area contributed by atoms with Gasteiger partial charge < -0.3 is 15.5 Å². The summed E-state index contributed by atoms with van der Waals surface area (Å²) in [5, 5.41) is 22.7. The maximum atomic E-state index is 14.4. The smallest absolute Gasteiger partial charge is 0.336 e. The molecule has 0 spiro atoms. The highest BCUT2D eigenvalue weighted by atomic mass is 16.4. The van der Waals surface area contributed by atoms with Crippen LogP contribution in [0.25, 0.3) is 0 Å². The normalized spacial score (nSPS) is 41.4. The first-order valence-corrected chi connectivity index (χ1v) is 16.2. The Hall–Kier alpha value is -2.96. The number of hydrogen-bond donors (Lipinski definition) is 3. The standard InChI is InChI=1S/C36H47NO6/c1-33(2)27-12-16-35(4)24-11-15-34(3)14-10-20(31(40)41)18-25(34)23(24)19-26(38)29(35)36(27,5)17-13-28(33)37-30(39)21-8-6-7-9-22(21)32(42)43/h6-9,19-20,24-25,27-29H,10-18H2,1-5H3,(H,37,39)(H,40,41)(H,42,43). The summed E-state index contributed by atoms with van der Waals surface area (Å²) < 4.78 is 0. The van der Waals surface area contributed by atoms with Crippen LogP contribution in [0.4, 0.5) is 0 Å². The van der Waals surface area contributed by atoms with Crippen LogP contribution in [0.15, 0.2) is 35.9 Å². The van der Waals surface area contributed by atoms with Gasteiger partial charge in [-0.15, -0.1) is 0 Å². The summed E-state index contributed by atoms with van der Waals surface area (Å²) >= 11 is 0. The van der Waals surface area contributed by atoms with E-state index in [1.807, 2.05) is 6.08 Å². The maximum Gasteiger partial charge on any atom is 0.336 e. The van der Waals surface area contributed by atoms with Crippen molar-refractivity contribution in [3.05, 3.63) is 47.0 Å². The Morgan fingerprint density at radius 2 is 1.47 bits per heavy atom. The third-order valence-corrected chi connectivity index (χ3v) is 13.5. The first-order valence-electron chi connectivity index (χ1n) is 16.2. The van der Waals surface area contributed by atoms with Crippen LogP contribution in [0, 0.1) is 51.2 Å². The van der Waals surface area contributed by atoms with Crippen LogP contribution >= 0.6 is 0 Å². The predicted octanol–water partition coefficient (Wildman–Crippen LogP) is 6.77. The maximum absolute atomic E-state index is 14.4. The summed E-state index contributed by atoms with van der Waals surface area (Å²) in [5.41, 5.74) is 0.781. The molecular formula is C36H47NO6. The van der Waals surface area contributed by atoms with Gasteiger partial charge in [0.25, 0.3) is 5.91 Å². The summed E-state index contributed by atoms with van der Waals surface area (Å²) in [7, 11) is 0. The zero-order chi connectivity index (χ0) is 31.1. The monoisotopic (exact) mass is 589 g/mol. The van der Waals surface area contributed by atoms with E-state index >= 15 is 0 Å². The van der Waals surface area contributed by atoms with Gasteiger partial charge in [-0.2, -0.15) is 0 Å². The number of benzene rings is 1. The second-order valence-corrected chi connectivity index (χ2v) is 15.9. The molecule has 4 fully saturated rings. The molecule has 0 bridgehead atoms. The summed E-state index contributed by atoms with van der Waals surface area (Å²) in [6, 6.07) is 6.20. The molecule has 1 aromatic carbocycles. The quantitative estimate of drug-likeness (QED) is 0.357. The van der Waals surface area contributed by atoms with E-state index in [-0.39, 0.29) is 74.2 Å². The molecule has 6 rings (SSSR count). The SMILES string of the molecule is CC12CCC(C(=O)O)CC1C1=CC(=O)C3C(C)(CCC4C(C)(C)C(NC(=O)c5ccccc5C(=O)O)CCC43C)C1CC2. The van der Waals surface area contributed by atoms with Gasteiger partial charge in [-0.1, -0.05) is 52.3 Å². The van der Waals surface area contributed by atoms with Crippen molar-refractivity contribution in [3.63, 3.8) is 0 Å². The molecule has 4 saturated carbocycles. The fraction of sp³-hybridized carbons (Fsp3) is 0.667. The van der Waals surface area contributed by atoms with Crippen molar-refractivity contribution in [2.75, 3.05) is 0 Å². The number of carboxylic acids is 2. The van der Waals surface area contributed by atoms with Gasteiger partial charge in [0.2, 0.25) is 0 Å². The zero-order valence-electron chi connectivity index (χ0n) is 26.2. The van der Waals surface area contributed by atoms with Crippen LogP contribution in [0.1, 0.15) is 113 Å². The highest BCUT2D eigenvalue weighted by Crippen LogP contribution is 2.71. The second-order valence-electron chi connectivity index (χ2n) is 15.9. The van der Waals surface area contributed by atoms with Gasteiger partial charge in [0, 0.05) is 12.0 Å². The Morgan fingerprint density at radius 1 is 0.814 bits per heavy atom. The topological polar surface area (TPSA) is 121 Å². The van der Waals surface area contributed by atoms with Crippen LogP contribution in [-0.4, -0.2) is 39.9 Å². The lowest BCUT2D eigenvalue weighted by atomic mass is 9.37. The summed E-state index contributed by atoms with van der Waals surface area (Å²) in [5.74, 6) is -1.75. The molecule has 0 saturated heterocycles. The minimum atomic E-state index is -1.12. The fourth-order valence-corrected chi connectivity index (χ4v) is 11.4. The zero-order valence-corrected chi connectivity index (χ0v) is 26.2. The van der Waals surface area contributed by atoms with Crippen molar-refractivity contribution in [2.24, 2.45) is 51.2 Å². The molecule has 7 nitrogen and oxygen atoms in total. The number of aromatic carboxylic acids is 1. The average molecular weight is 590 g/mol. The minimum absolute atomic E-state index is 0.00139. The number of amides is 1. The molecule has 43 heavy (non-hydrogen) atoms. The molecule has 232 valence electrons. The van der Waals surface area contributed by atoms with E-state index < -0.39 is 11.9 Å². The van der Waals surface area contributed by atoms with Gasteiger partial charge in [0.05, 0.1) is 17.0 Å². The highest BCUT2D eigenvalue weighted by molar-refractivity contribution is 6.04. The minimum Gasteiger partial charge on any atom is -0.481 e. The first-order chi connectivity index (χ1) is 20.1. The van der Waals surface area contributed by atoms with Crippen molar-refractivity contribution in [3.8, 4) is 0 Å². The number of carboxylic acid groups (broad SMARTS) is 2. The van der Waals surface area contributed by atoms with E-state index in [0.29, 0.717) is 12.3 Å². The van der Waals surface area contributed by atoms with Crippen LogP contribution < -0.4 is 5.32 Å². The number of allylic oxidation sites excluding steroid dienone is 2. The number of ketones is 1. The van der Waals surface area contributed by atoms with Crippen molar-refractivity contribution >= 4 is 23.6 Å². The third kappa shape index (κ3) is 4.42. The lowest BCUT2D eigenvalue weighted by molar-refractivity contribution is -0.172. The molecular weight excluding hydrogens is 542 g/mol. The Kier molecular flexibility index (Phi) is 7.02. The van der Waals surface area contributed by atoms with Crippen LogP contribution in [0.3, 0.4) is 0 Å². The van der Waals surface area contributed by atoms with E-state index in [2.05, 4.69) is 39.9 Å². The van der Waals surface area contributed by atoms with E-state index in [4.69, 9.17) is 0 Å². The molecule has 0 aliphatic heterocycles. The van der Waals surface area contributed by atoms with Gasteiger partial charge in [-0.05, 0) is 115 Å². The molecule has 1 amide bonds.